The minimum Gasteiger partial charge on any atom is -0.481 e. The molecular formula is C10H12O4. The summed E-state index contributed by atoms with van der Waals surface area (Å²) in [4.78, 5) is 21.5. The maximum absolute atomic E-state index is 10.9. The highest BCUT2D eigenvalue weighted by Crippen LogP contribution is 2.51. The Kier molecular flexibility index (Phi) is 2.06. The molecule has 2 fully saturated rings. The number of hydrogen-bond donors (Lipinski definition) is 2. The molecule has 3 atom stereocenters. The van der Waals surface area contributed by atoms with E-state index in [1.807, 2.05) is 0 Å². The van der Waals surface area contributed by atoms with E-state index >= 15 is 0 Å². The van der Waals surface area contributed by atoms with Gasteiger partial charge in [-0.2, -0.15) is 0 Å². The number of carboxylic acids is 2. The summed E-state index contributed by atoms with van der Waals surface area (Å²) in [5.41, 5.74) is 0.626. The largest absolute Gasteiger partial charge is 0.481 e. The Bertz CT molecular complexity index is 318. The molecule has 14 heavy (non-hydrogen) atoms. The molecule has 2 saturated carbocycles. The van der Waals surface area contributed by atoms with E-state index in [0.717, 1.165) is 25.3 Å². The van der Waals surface area contributed by atoms with Crippen molar-refractivity contribution >= 4 is 11.9 Å². The number of carboxylic acid groups (broad SMARTS) is 2. The predicted octanol–water partition coefficient (Wildman–Crippen LogP) is 1.13. The fourth-order valence-corrected chi connectivity index (χ4v) is 2.84. The first-order valence-corrected chi connectivity index (χ1v) is 4.77. The molecule has 2 aliphatic carbocycles. The maximum atomic E-state index is 10.9. The van der Waals surface area contributed by atoms with Crippen LogP contribution in [0.2, 0.25) is 0 Å². The van der Waals surface area contributed by atoms with Crippen LogP contribution in [0.1, 0.15) is 19.3 Å². The highest BCUT2D eigenvalue weighted by atomic mass is 16.4. The third kappa shape index (κ3) is 1.31. The van der Waals surface area contributed by atoms with Crippen molar-refractivity contribution in [3.63, 3.8) is 0 Å². The van der Waals surface area contributed by atoms with Crippen LogP contribution in [0.4, 0.5) is 0 Å². The second-order valence-electron chi connectivity index (χ2n) is 4.07. The zero-order valence-electron chi connectivity index (χ0n) is 7.64. The van der Waals surface area contributed by atoms with Crippen LogP contribution in [0.25, 0.3) is 0 Å². The summed E-state index contributed by atoms with van der Waals surface area (Å²) >= 11 is 0. The summed E-state index contributed by atoms with van der Waals surface area (Å²) in [6.45, 7) is 0. The van der Waals surface area contributed by atoms with Crippen LogP contribution >= 0.6 is 0 Å². The zero-order valence-corrected chi connectivity index (χ0v) is 7.64. The van der Waals surface area contributed by atoms with Crippen LogP contribution in [0.15, 0.2) is 11.6 Å². The number of fused-ring (bicyclic) bond motifs is 2. The van der Waals surface area contributed by atoms with Crippen molar-refractivity contribution in [3.05, 3.63) is 11.6 Å². The lowest BCUT2D eigenvalue weighted by Gasteiger charge is -2.20. The lowest BCUT2D eigenvalue weighted by atomic mass is 9.84. The standard InChI is InChI=1S/C10H12O4/c11-8(12)4-7-5-1-2-6(3-5)9(7)10(13)14/h4-6,9H,1-3H2,(H,11,12)(H,13,14)/b7-4+. The quantitative estimate of drug-likeness (QED) is 0.649. The van der Waals surface area contributed by atoms with Crippen molar-refractivity contribution in [2.75, 3.05) is 0 Å². The molecule has 0 amide bonds. The van der Waals surface area contributed by atoms with E-state index in [-0.39, 0.29) is 11.8 Å². The van der Waals surface area contributed by atoms with Crippen molar-refractivity contribution in [2.45, 2.75) is 19.3 Å². The third-order valence-electron chi connectivity index (χ3n) is 3.33. The predicted molar refractivity (Wildman–Crippen MR) is 47.7 cm³/mol. The first-order chi connectivity index (χ1) is 6.59. The number of hydrogen-bond acceptors (Lipinski definition) is 2. The number of carbonyl (C=O) groups is 2. The summed E-state index contributed by atoms with van der Waals surface area (Å²) in [5, 5.41) is 17.6. The molecule has 0 aromatic carbocycles. The molecule has 0 aliphatic heterocycles. The van der Waals surface area contributed by atoms with Gasteiger partial charge >= 0.3 is 11.9 Å². The van der Waals surface area contributed by atoms with Crippen LogP contribution in [0.5, 0.6) is 0 Å². The molecule has 0 spiro atoms. The number of aliphatic carboxylic acids is 2. The SMILES string of the molecule is O=C(O)/C=C1\C2CCC(C2)C1C(=O)O. The second kappa shape index (κ2) is 3.12. The molecule has 0 aromatic rings. The molecule has 2 N–H and O–H groups in total. The Morgan fingerprint density at radius 2 is 2.00 bits per heavy atom. The molecule has 0 saturated heterocycles. The van der Waals surface area contributed by atoms with Gasteiger partial charge in [-0.3, -0.25) is 4.79 Å². The van der Waals surface area contributed by atoms with Crippen LogP contribution in [0.3, 0.4) is 0 Å². The van der Waals surface area contributed by atoms with Crippen LogP contribution in [-0.2, 0) is 9.59 Å². The fourth-order valence-electron chi connectivity index (χ4n) is 2.84. The monoisotopic (exact) mass is 196 g/mol. The Morgan fingerprint density at radius 1 is 1.29 bits per heavy atom. The summed E-state index contributed by atoms with van der Waals surface area (Å²) in [6, 6.07) is 0. The normalized spacial score (nSPS) is 37.7. The van der Waals surface area contributed by atoms with Crippen molar-refractivity contribution in [1.82, 2.24) is 0 Å². The number of rotatable bonds is 2. The first-order valence-electron chi connectivity index (χ1n) is 4.77. The van der Waals surface area contributed by atoms with Crippen molar-refractivity contribution in [2.24, 2.45) is 17.8 Å². The highest BCUT2D eigenvalue weighted by molar-refractivity contribution is 5.84. The summed E-state index contributed by atoms with van der Waals surface area (Å²) in [7, 11) is 0. The van der Waals surface area contributed by atoms with Crippen LogP contribution in [0, 0.1) is 17.8 Å². The van der Waals surface area contributed by atoms with Gasteiger partial charge in [-0.05, 0) is 36.7 Å². The molecule has 0 radical (unpaired) electrons. The lowest BCUT2D eigenvalue weighted by Crippen LogP contribution is -2.23. The maximum Gasteiger partial charge on any atom is 0.328 e. The van der Waals surface area contributed by atoms with Gasteiger partial charge in [0.2, 0.25) is 0 Å². The minimum atomic E-state index is -1.03. The molecule has 4 heteroatoms. The molecule has 0 aromatic heterocycles. The van der Waals surface area contributed by atoms with Crippen molar-refractivity contribution < 1.29 is 19.8 Å². The van der Waals surface area contributed by atoms with E-state index in [1.165, 1.54) is 0 Å². The molecule has 2 rings (SSSR count). The Balaban J connectivity index is 2.30. The van der Waals surface area contributed by atoms with Crippen LogP contribution < -0.4 is 0 Å². The van der Waals surface area contributed by atoms with E-state index in [2.05, 4.69) is 0 Å². The summed E-state index contributed by atoms with van der Waals surface area (Å²) in [6.07, 6.45) is 3.84. The van der Waals surface area contributed by atoms with Gasteiger partial charge in [0.15, 0.2) is 0 Å². The average molecular weight is 196 g/mol. The van der Waals surface area contributed by atoms with Crippen molar-refractivity contribution in [1.29, 1.82) is 0 Å². The molecule has 2 aliphatic rings. The zero-order chi connectivity index (χ0) is 10.3. The van der Waals surface area contributed by atoms with E-state index in [9.17, 15) is 9.59 Å². The molecule has 76 valence electrons. The van der Waals surface area contributed by atoms with Gasteiger partial charge in [0.05, 0.1) is 5.92 Å². The molecular weight excluding hydrogens is 184 g/mol. The average Bonchev–Trinajstić information content (AvgIpc) is 2.61. The van der Waals surface area contributed by atoms with Gasteiger partial charge in [0.25, 0.3) is 0 Å². The second-order valence-corrected chi connectivity index (χ2v) is 4.07. The Morgan fingerprint density at radius 3 is 2.57 bits per heavy atom. The first kappa shape index (κ1) is 9.24. The lowest BCUT2D eigenvalue weighted by molar-refractivity contribution is -0.141. The molecule has 2 bridgehead atoms. The van der Waals surface area contributed by atoms with E-state index in [0.29, 0.717) is 5.57 Å². The molecule has 3 unspecified atom stereocenters. The van der Waals surface area contributed by atoms with Gasteiger partial charge < -0.3 is 10.2 Å². The van der Waals surface area contributed by atoms with Crippen LogP contribution in [-0.4, -0.2) is 22.2 Å². The fraction of sp³-hybridized carbons (Fsp3) is 0.600. The highest BCUT2D eigenvalue weighted by Gasteiger charge is 2.47. The van der Waals surface area contributed by atoms with Gasteiger partial charge in [-0.15, -0.1) is 0 Å². The van der Waals surface area contributed by atoms with E-state index in [1.54, 1.807) is 0 Å². The molecule has 0 heterocycles. The van der Waals surface area contributed by atoms with Gasteiger partial charge in [-0.25, -0.2) is 4.79 Å². The van der Waals surface area contributed by atoms with Crippen molar-refractivity contribution in [3.8, 4) is 0 Å². The molecule has 4 nitrogen and oxygen atoms in total. The Labute approximate surface area is 81.2 Å². The van der Waals surface area contributed by atoms with Gasteiger partial charge in [0, 0.05) is 6.08 Å². The topological polar surface area (TPSA) is 74.6 Å². The third-order valence-corrected chi connectivity index (χ3v) is 3.33. The summed E-state index contributed by atoms with van der Waals surface area (Å²) in [5.74, 6) is -2.06. The van der Waals surface area contributed by atoms with Gasteiger partial charge in [-0.1, -0.05) is 0 Å². The van der Waals surface area contributed by atoms with E-state index < -0.39 is 17.9 Å². The van der Waals surface area contributed by atoms with Gasteiger partial charge in [0.1, 0.15) is 0 Å². The Hall–Kier alpha value is -1.32. The van der Waals surface area contributed by atoms with E-state index in [4.69, 9.17) is 10.2 Å². The minimum absolute atomic E-state index is 0.170. The smallest absolute Gasteiger partial charge is 0.328 e. The summed E-state index contributed by atoms with van der Waals surface area (Å²) < 4.78 is 0.